The van der Waals surface area contributed by atoms with Crippen LogP contribution in [0.2, 0.25) is 0 Å². The van der Waals surface area contributed by atoms with Crippen LogP contribution in [-0.4, -0.2) is 11.1 Å². The Morgan fingerprint density at radius 2 is 1.56 bits per heavy atom. The smallest absolute Gasteiger partial charge is 0.267 e. The molecule has 0 saturated carbocycles. The second-order valence-electron chi connectivity index (χ2n) is 5.81. The van der Waals surface area contributed by atoms with Crippen LogP contribution in [0.1, 0.15) is 11.1 Å². The quantitative estimate of drug-likeness (QED) is 0.327. The summed E-state index contributed by atoms with van der Waals surface area (Å²) in [5.41, 5.74) is 4.42. The van der Waals surface area contributed by atoms with Gasteiger partial charge in [0.1, 0.15) is 11.5 Å². The lowest BCUT2D eigenvalue weighted by molar-refractivity contribution is -0.124. The van der Waals surface area contributed by atoms with Crippen molar-refractivity contribution in [3.8, 4) is 11.5 Å². The molecule has 1 amide bonds. The fraction of sp³-hybridized carbons (Fsp3) is 0.0455. The Balaban J connectivity index is 1.62. The van der Waals surface area contributed by atoms with Gasteiger partial charge in [-0.2, -0.15) is 0 Å². The van der Waals surface area contributed by atoms with Crippen LogP contribution >= 0.6 is 0 Å². The van der Waals surface area contributed by atoms with Crippen LogP contribution in [0.25, 0.3) is 6.08 Å². The zero-order chi connectivity index (χ0) is 18.9. The molecular weight excluding hydrogens is 340 g/mol. The molecule has 3 rings (SSSR count). The summed E-state index contributed by atoms with van der Waals surface area (Å²) in [5, 5.41) is 11.9. The summed E-state index contributed by atoms with van der Waals surface area (Å²) >= 11 is 0. The van der Waals surface area contributed by atoms with Crippen molar-refractivity contribution in [3.63, 3.8) is 0 Å². The van der Waals surface area contributed by atoms with E-state index in [1.54, 1.807) is 11.6 Å². The summed E-state index contributed by atoms with van der Waals surface area (Å²) in [4.78, 5) is 11.2. The molecule has 3 aromatic rings. The first-order valence-electron chi connectivity index (χ1n) is 8.51. The van der Waals surface area contributed by atoms with Gasteiger partial charge in [0.25, 0.3) is 5.91 Å². The van der Waals surface area contributed by atoms with Gasteiger partial charge in [0, 0.05) is 18.3 Å². The van der Waals surface area contributed by atoms with E-state index in [0.29, 0.717) is 6.54 Å². The number of hydrogen-bond donors (Lipinski definition) is 3. The average Bonchev–Trinajstić information content (AvgIpc) is 2.73. The normalized spacial score (nSPS) is 10.6. The molecule has 5 heteroatoms. The molecule has 27 heavy (non-hydrogen) atoms. The van der Waals surface area contributed by atoms with Gasteiger partial charge in [0.05, 0.1) is 0 Å². The van der Waals surface area contributed by atoms with Gasteiger partial charge >= 0.3 is 0 Å². The Hall–Kier alpha value is -3.57. The lowest BCUT2D eigenvalue weighted by Gasteiger charge is -2.11. The number of hydroxylamine groups is 1. The van der Waals surface area contributed by atoms with E-state index in [-0.39, 0.29) is 0 Å². The molecule has 5 nitrogen and oxygen atoms in total. The third-order valence-corrected chi connectivity index (χ3v) is 3.87. The first-order chi connectivity index (χ1) is 13.2. The van der Waals surface area contributed by atoms with Crippen molar-refractivity contribution >= 4 is 17.7 Å². The standard InChI is InChI=1S/C22H20N2O3/c25-22(24-26)15-12-18-6-4-5-9-21(18)23-16-17-10-13-20(14-11-17)27-19-7-2-1-3-8-19/h1-15,23,26H,16H2,(H,24,25)/b15-12+. The van der Waals surface area contributed by atoms with Crippen molar-refractivity contribution in [1.29, 1.82) is 0 Å². The van der Waals surface area contributed by atoms with Crippen LogP contribution in [0.5, 0.6) is 11.5 Å². The fourth-order valence-corrected chi connectivity index (χ4v) is 2.50. The van der Waals surface area contributed by atoms with Crippen molar-refractivity contribution in [3.05, 3.63) is 96.1 Å². The number of rotatable bonds is 7. The van der Waals surface area contributed by atoms with Gasteiger partial charge in [0.15, 0.2) is 0 Å². The molecule has 0 atom stereocenters. The number of hydrogen-bond acceptors (Lipinski definition) is 4. The summed E-state index contributed by atoms with van der Waals surface area (Å²) in [6.07, 6.45) is 2.92. The SMILES string of the molecule is O=C(/C=C/c1ccccc1NCc1ccc(Oc2ccccc2)cc1)NO. The van der Waals surface area contributed by atoms with E-state index in [2.05, 4.69) is 5.32 Å². The number of nitrogens with one attached hydrogen (secondary N) is 2. The Labute approximate surface area is 157 Å². The van der Waals surface area contributed by atoms with Gasteiger partial charge in [0.2, 0.25) is 0 Å². The van der Waals surface area contributed by atoms with Crippen molar-refractivity contribution < 1.29 is 14.7 Å². The van der Waals surface area contributed by atoms with Crippen LogP contribution in [0, 0.1) is 0 Å². The number of carbonyl (C=O) groups is 1. The zero-order valence-corrected chi connectivity index (χ0v) is 14.6. The van der Waals surface area contributed by atoms with Crippen LogP contribution in [0.15, 0.2) is 84.9 Å². The Kier molecular flexibility index (Phi) is 6.22. The Morgan fingerprint density at radius 3 is 2.30 bits per heavy atom. The number of para-hydroxylation sites is 2. The monoisotopic (exact) mass is 360 g/mol. The zero-order valence-electron chi connectivity index (χ0n) is 14.6. The molecule has 0 aliphatic carbocycles. The lowest BCUT2D eigenvalue weighted by Crippen LogP contribution is -2.14. The van der Waals surface area contributed by atoms with Gasteiger partial charge in [-0.3, -0.25) is 10.0 Å². The maximum Gasteiger partial charge on any atom is 0.267 e. The third-order valence-electron chi connectivity index (χ3n) is 3.87. The average molecular weight is 360 g/mol. The molecule has 0 unspecified atom stereocenters. The molecule has 0 aromatic heterocycles. The first kappa shape index (κ1) is 18.2. The molecule has 0 radical (unpaired) electrons. The highest BCUT2D eigenvalue weighted by molar-refractivity contribution is 5.91. The number of carbonyl (C=O) groups excluding carboxylic acids is 1. The van der Waals surface area contributed by atoms with Gasteiger partial charge in [-0.15, -0.1) is 0 Å². The maximum atomic E-state index is 11.2. The highest BCUT2D eigenvalue weighted by Crippen LogP contribution is 2.22. The number of benzene rings is 3. The molecule has 0 heterocycles. The molecule has 136 valence electrons. The van der Waals surface area contributed by atoms with Gasteiger partial charge in [-0.05, 0) is 47.5 Å². The summed E-state index contributed by atoms with van der Waals surface area (Å²) < 4.78 is 5.79. The van der Waals surface area contributed by atoms with Crippen LogP contribution in [0.4, 0.5) is 5.69 Å². The highest BCUT2D eigenvalue weighted by Gasteiger charge is 2.01. The second-order valence-corrected chi connectivity index (χ2v) is 5.81. The van der Waals surface area contributed by atoms with E-state index in [1.165, 1.54) is 6.08 Å². The van der Waals surface area contributed by atoms with Crippen molar-refractivity contribution in [1.82, 2.24) is 5.48 Å². The molecule has 3 aromatic carbocycles. The predicted octanol–water partition coefficient (Wildman–Crippen LogP) is 4.61. The van der Waals surface area contributed by atoms with Gasteiger partial charge in [-0.25, -0.2) is 5.48 Å². The first-order valence-corrected chi connectivity index (χ1v) is 8.51. The van der Waals surface area contributed by atoms with Gasteiger partial charge in [-0.1, -0.05) is 48.5 Å². The number of anilines is 1. The minimum absolute atomic E-state index is 0.571. The molecule has 0 bridgehead atoms. The van der Waals surface area contributed by atoms with E-state index in [0.717, 1.165) is 28.3 Å². The second kappa shape index (κ2) is 9.22. The fourth-order valence-electron chi connectivity index (χ4n) is 2.50. The minimum Gasteiger partial charge on any atom is -0.457 e. The van der Waals surface area contributed by atoms with Crippen molar-refractivity contribution in [2.75, 3.05) is 5.32 Å². The van der Waals surface area contributed by atoms with E-state index >= 15 is 0 Å². The van der Waals surface area contributed by atoms with E-state index < -0.39 is 5.91 Å². The topological polar surface area (TPSA) is 70.6 Å². The Bertz CT molecular complexity index is 906. The molecule has 0 saturated heterocycles. The maximum absolute atomic E-state index is 11.2. The third kappa shape index (κ3) is 5.45. The molecule has 0 fully saturated rings. The minimum atomic E-state index is -0.571. The summed E-state index contributed by atoms with van der Waals surface area (Å²) in [5.74, 6) is 1.01. The molecule has 3 N–H and O–H groups in total. The lowest BCUT2D eigenvalue weighted by atomic mass is 10.1. The van der Waals surface area contributed by atoms with Crippen molar-refractivity contribution in [2.24, 2.45) is 0 Å². The molecule has 0 spiro atoms. The van der Waals surface area contributed by atoms with E-state index in [9.17, 15) is 4.79 Å². The largest absolute Gasteiger partial charge is 0.457 e. The molecule has 0 aliphatic rings. The van der Waals surface area contributed by atoms with E-state index in [4.69, 9.17) is 9.94 Å². The van der Waals surface area contributed by atoms with Crippen LogP contribution < -0.4 is 15.5 Å². The molecular formula is C22H20N2O3. The van der Waals surface area contributed by atoms with Crippen LogP contribution in [-0.2, 0) is 11.3 Å². The van der Waals surface area contributed by atoms with Crippen LogP contribution in [0.3, 0.4) is 0 Å². The van der Waals surface area contributed by atoms with Gasteiger partial charge < -0.3 is 10.1 Å². The van der Waals surface area contributed by atoms with E-state index in [1.807, 2.05) is 78.9 Å². The highest BCUT2D eigenvalue weighted by atomic mass is 16.5. The Morgan fingerprint density at radius 1 is 0.889 bits per heavy atom. The summed E-state index contributed by atoms with van der Waals surface area (Å²) in [6.45, 7) is 0.628. The number of ether oxygens (including phenoxy) is 1. The number of amides is 1. The predicted molar refractivity (Wildman–Crippen MR) is 106 cm³/mol. The summed E-state index contributed by atoms with van der Waals surface area (Å²) in [6, 6.07) is 25.1. The van der Waals surface area contributed by atoms with Crippen molar-refractivity contribution in [2.45, 2.75) is 6.54 Å². The summed E-state index contributed by atoms with van der Waals surface area (Å²) in [7, 11) is 0. The molecule has 0 aliphatic heterocycles.